The lowest BCUT2D eigenvalue weighted by Crippen LogP contribution is -2.13. The quantitative estimate of drug-likeness (QED) is 0.512. The number of halogens is 1. The monoisotopic (exact) mass is 119 g/mol. The molecule has 1 fully saturated rings. The van der Waals surface area contributed by atoms with Crippen molar-refractivity contribution in [3.8, 4) is 0 Å². The number of hydrogen-bond donors (Lipinski definition) is 1. The van der Waals surface area contributed by atoms with Crippen LogP contribution in [0.5, 0.6) is 0 Å². The Bertz CT molecular complexity index is 80.1. The van der Waals surface area contributed by atoms with Gasteiger partial charge in [0.15, 0.2) is 0 Å². The molecule has 1 nitrogen and oxygen atoms in total. The minimum atomic E-state index is 0.293. The van der Waals surface area contributed by atoms with Crippen molar-refractivity contribution in [3.63, 3.8) is 0 Å². The highest BCUT2D eigenvalue weighted by Crippen LogP contribution is 2.48. The fourth-order valence-corrected chi connectivity index (χ4v) is 1.00. The summed E-state index contributed by atoms with van der Waals surface area (Å²) in [5, 5.41) is 0.359. The van der Waals surface area contributed by atoms with Gasteiger partial charge in [0, 0.05) is 5.38 Å². The summed E-state index contributed by atoms with van der Waals surface area (Å²) < 4.78 is 0. The van der Waals surface area contributed by atoms with E-state index in [-0.39, 0.29) is 0 Å². The highest BCUT2D eigenvalue weighted by Gasteiger charge is 2.47. The van der Waals surface area contributed by atoms with Crippen molar-refractivity contribution in [2.45, 2.75) is 18.7 Å². The van der Waals surface area contributed by atoms with Crippen molar-refractivity contribution < 1.29 is 0 Å². The summed E-state index contributed by atoms with van der Waals surface area (Å²) in [7, 11) is 0. The van der Waals surface area contributed by atoms with Gasteiger partial charge in [0.2, 0.25) is 0 Å². The minimum Gasteiger partial charge on any atom is -0.330 e. The molecule has 0 amide bonds. The van der Waals surface area contributed by atoms with Crippen LogP contribution in [0.25, 0.3) is 0 Å². The predicted molar refractivity (Wildman–Crippen MR) is 31.4 cm³/mol. The Balaban J connectivity index is 2.36. The van der Waals surface area contributed by atoms with Crippen LogP contribution in [0, 0.1) is 5.41 Å². The molecule has 42 valence electrons. The summed E-state index contributed by atoms with van der Waals surface area (Å²) in [6.07, 6.45) is 1.10. The second kappa shape index (κ2) is 1.36. The van der Waals surface area contributed by atoms with Gasteiger partial charge in [0.1, 0.15) is 0 Å². The summed E-state index contributed by atoms with van der Waals surface area (Å²) in [6, 6.07) is 0. The van der Waals surface area contributed by atoms with Gasteiger partial charge in [-0.15, -0.1) is 11.6 Å². The zero-order chi connectivity index (χ0) is 5.49. The maximum Gasteiger partial charge on any atom is 0.0408 e. The molecule has 0 aromatic carbocycles. The fraction of sp³-hybridized carbons (Fsp3) is 1.00. The first-order valence-electron chi connectivity index (χ1n) is 2.53. The maximum atomic E-state index is 5.71. The second-order valence-corrected chi connectivity index (χ2v) is 3.06. The number of hydrogen-bond acceptors (Lipinski definition) is 1. The number of rotatable bonds is 1. The molecule has 1 aliphatic carbocycles. The molecule has 7 heavy (non-hydrogen) atoms. The molecule has 0 spiro atoms. The Morgan fingerprint density at radius 2 is 2.43 bits per heavy atom. The summed E-state index contributed by atoms with van der Waals surface area (Å²) in [4.78, 5) is 0. The molecule has 0 saturated heterocycles. The third-order valence-electron chi connectivity index (χ3n) is 1.71. The van der Waals surface area contributed by atoms with E-state index in [2.05, 4.69) is 6.92 Å². The largest absolute Gasteiger partial charge is 0.330 e. The van der Waals surface area contributed by atoms with E-state index in [0.717, 1.165) is 13.0 Å². The SMILES string of the molecule is C[C@@]1(CN)C[C@@H]1Cl. The van der Waals surface area contributed by atoms with E-state index in [0.29, 0.717) is 10.8 Å². The highest BCUT2D eigenvalue weighted by molar-refractivity contribution is 6.23. The van der Waals surface area contributed by atoms with Gasteiger partial charge in [-0.1, -0.05) is 6.92 Å². The summed E-state index contributed by atoms with van der Waals surface area (Å²) in [5.41, 5.74) is 5.67. The van der Waals surface area contributed by atoms with Crippen molar-refractivity contribution in [1.82, 2.24) is 0 Å². The molecule has 0 aliphatic heterocycles. The fourth-order valence-electron chi connectivity index (χ4n) is 0.562. The first-order chi connectivity index (χ1) is 3.19. The van der Waals surface area contributed by atoms with Gasteiger partial charge in [-0.2, -0.15) is 0 Å². The van der Waals surface area contributed by atoms with Gasteiger partial charge in [0.05, 0.1) is 0 Å². The number of alkyl halides is 1. The van der Waals surface area contributed by atoms with Gasteiger partial charge in [-0.25, -0.2) is 0 Å². The van der Waals surface area contributed by atoms with Gasteiger partial charge >= 0.3 is 0 Å². The van der Waals surface area contributed by atoms with Gasteiger partial charge < -0.3 is 5.73 Å². The summed E-state index contributed by atoms with van der Waals surface area (Å²) >= 11 is 5.71. The highest BCUT2D eigenvalue weighted by atomic mass is 35.5. The molecule has 2 heteroatoms. The maximum absolute atomic E-state index is 5.71. The van der Waals surface area contributed by atoms with E-state index in [1.165, 1.54) is 0 Å². The Morgan fingerprint density at radius 1 is 2.00 bits per heavy atom. The van der Waals surface area contributed by atoms with Crippen LogP contribution in [0.15, 0.2) is 0 Å². The van der Waals surface area contributed by atoms with E-state index in [9.17, 15) is 0 Å². The van der Waals surface area contributed by atoms with Crippen LogP contribution in [-0.4, -0.2) is 11.9 Å². The molecular formula is C5H10ClN. The summed E-state index contributed by atoms with van der Waals surface area (Å²) in [6.45, 7) is 2.85. The molecule has 2 atom stereocenters. The Labute approximate surface area is 48.8 Å². The van der Waals surface area contributed by atoms with E-state index in [4.69, 9.17) is 17.3 Å². The molecule has 0 heterocycles. The zero-order valence-corrected chi connectivity index (χ0v) is 5.20. The standard InChI is InChI=1S/C5H10ClN/c1-5(3-7)2-4(5)6/h4H,2-3,7H2,1H3/t4-,5-/m0/s1. The number of nitrogens with two attached hydrogens (primary N) is 1. The van der Waals surface area contributed by atoms with Crippen LogP contribution in [0.2, 0.25) is 0 Å². The molecule has 0 aromatic rings. The van der Waals surface area contributed by atoms with E-state index in [1.807, 2.05) is 0 Å². The predicted octanol–water partition coefficient (Wildman–Crippen LogP) is 0.963. The Morgan fingerprint density at radius 3 is 2.43 bits per heavy atom. The van der Waals surface area contributed by atoms with Crippen molar-refractivity contribution in [2.24, 2.45) is 11.1 Å². The normalized spacial score (nSPS) is 49.3. The first-order valence-corrected chi connectivity index (χ1v) is 2.97. The van der Waals surface area contributed by atoms with Crippen molar-refractivity contribution in [1.29, 1.82) is 0 Å². The molecular weight excluding hydrogens is 110 g/mol. The van der Waals surface area contributed by atoms with E-state index < -0.39 is 0 Å². The van der Waals surface area contributed by atoms with Crippen molar-refractivity contribution in [3.05, 3.63) is 0 Å². The Kier molecular flexibility index (Phi) is 1.05. The molecule has 0 unspecified atom stereocenters. The molecule has 0 bridgehead atoms. The molecule has 0 aromatic heterocycles. The zero-order valence-electron chi connectivity index (χ0n) is 4.45. The van der Waals surface area contributed by atoms with Crippen LogP contribution >= 0.6 is 11.6 Å². The summed E-state index contributed by atoms with van der Waals surface area (Å²) in [5.74, 6) is 0. The third kappa shape index (κ3) is 0.752. The van der Waals surface area contributed by atoms with Gasteiger partial charge in [0.25, 0.3) is 0 Å². The lowest BCUT2D eigenvalue weighted by Gasteiger charge is -1.99. The van der Waals surface area contributed by atoms with Gasteiger partial charge in [-0.3, -0.25) is 0 Å². The van der Waals surface area contributed by atoms with Crippen LogP contribution < -0.4 is 5.73 Å². The lowest BCUT2D eigenvalue weighted by molar-refractivity contribution is 0.591. The van der Waals surface area contributed by atoms with Crippen LogP contribution in [0.4, 0.5) is 0 Å². The molecule has 1 aliphatic rings. The van der Waals surface area contributed by atoms with Crippen molar-refractivity contribution in [2.75, 3.05) is 6.54 Å². The van der Waals surface area contributed by atoms with E-state index in [1.54, 1.807) is 0 Å². The van der Waals surface area contributed by atoms with Gasteiger partial charge in [-0.05, 0) is 18.4 Å². The van der Waals surface area contributed by atoms with Crippen LogP contribution in [0.1, 0.15) is 13.3 Å². The second-order valence-electron chi connectivity index (χ2n) is 2.53. The lowest BCUT2D eigenvalue weighted by atomic mass is 10.1. The minimum absolute atomic E-state index is 0.293. The average Bonchev–Trinajstić information content (AvgIpc) is 2.18. The first kappa shape index (κ1) is 5.39. The molecule has 2 N–H and O–H groups in total. The van der Waals surface area contributed by atoms with Crippen molar-refractivity contribution >= 4 is 11.6 Å². The molecule has 0 radical (unpaired) electrons. The smallest absolute Gasteiger partial charge is 0.0408 e. The Hall–Kier alpha value is 0.250. The van der Waals surface area contributed by atoms with Crippen LogP contribution in [0.3, 0.4) is 0 Å². The molecule has 1 saturated carbocycles. The van der Waals surface area contributed by atoms with Crippen LogP contribution in [-0.2, 0) is 0 Å². The third-order valence-corrected chi connectivity index (χ3v) is 2.39. The topological polar surface area (TPSA) is 26.0 Å². The molecule has 1 rings (SSSR count). The van der Waals surface area contributed by atoms with E-state index >= 15 is 0 Å². The average molecular weight is 120 g/mol.